The van der Waals surface area contributed by atoms with Gasteiger partial charge in [0, 0.05) is 24.5 Å². The molecule has 2 aromatic heterocycles. The molecule has 0 aliphatic carbocycles. The number of urea groups is 1. The lowest BCUT2D eigenvalue weighted by molar-refractivity contribution is 0.251. The third-order valence-corrected chi connectivity index (χ3v) is 4.77. The van der Waals surface area contributed by atoms with Crippen LogP contribution in [0.5, 0.6) is 0 Å². The highest BCUT2D eigenvalue weighted by Gasteiger charge is 2.12. The van der Waals surface area contributed by atoms with Crippen LogP contribution in [0, 0.1) is 11.6 Å². The Hall–Kier alpha value is -3.75. The van der Waals surface area contributed by atoms with Crippen molar-refractivity contribution in [2.45, 2.75) is 19.4 Å². The third-order valence-electron chi connectivity index (χ3n) is 4.77. The van der Waals surface area contributed by atoms with Crippen LogP contribution in [0.1, 0.15) is 12.8 Å². The van der Waals surface area contributed by atoms with Crippen LogP contribution >= 0.6 is 0 Å². The summed E-state index contributed by atoms with van der Waals surface area (Å²) in [5, 5.41) is 5.93. The second kappa shape index (κ2) is 8.32. The molecule has 0 bridgehead atoms. The predicted octanol–water partition coefficient (Wildman–Crippen LogP) is 4.05. The molecule has 7 nitrogen and oxygen atoms in total. The molecule has 0 atom stereocenters. The largest absolute Gasteiger partial charge is 0.382 e. The normalized spacial score (nSPS) is 11.1. The van der Waals surface area contributed by atoms with Crippen LogP contribution < -0.4 is 16.4 Å². The van der Waals surface area contributed by atoms with E-state index in [1.54, 1.807) is 6.33 Å². The van der Waals surface area contributed by atoms with Crippen LogP contribution in [0.3, 0.4) is 0 Å². The number of carbonyl (C=O) groups excluding carboxylic acids is 1. The number of nitrogens with zero attached hydrogens (tertiary/aromatic N) is 3. The van der Waals surface area contributed by atoms with Gasteiger partial charge in [-0.3, -0.25) is 0 Å². The van der Waals surface area contributed by atoms with E-state index in [2.05, 4.69) is 20.6 Å². The van der Waals surface area contributed by atoms with E-state index in [1.165, 1.54) is 0 Å². The van der Waals surface area contributed by atoms with Crippen LogP contribution in [0.2, 0.25) is 0 Å². The van der Waals surface area contributed by atoms with Crippen molar-refractivity contribution in [3.8, 4) is 0 Å². The van der Waals surface area contributed by atoms with Crippen molar-refractivity contribution in [3.05, 3.63) is 60.4 Å². The van der Waals surface area contributed by atoms with Gasteiger partial charge in [0.25, 0.3) is 0 Å². The first-order valence-corrected chi connectivity index (χ1v) is 9.52. The van der Waals surface area contributed by atoms with Gasteiger partial charge in [-0.1, -0.05) is 18.2 Å². The van der Waals surface area contributed by atoms with Gasteiger partial charge in [0.1, 0.15) is 17.2 Å². The highest BCUT2D eigenvalue weighted by molar-refractivity contribution is 6.06. The fourth-order valence-corrected chi connectivity index (χ4v) is 3.34. The van der Waals surface area contributed by atoms with Crippen molar-refractivity contribution in [2.75, 3.05) is 17.6 Å². The van der Waals surface area contributed by atoms with Crippen molar-refractivity contribution in [1.82, 2.24) is 19.9 Å². The zero-order chi connectivity index (χ0) is 21.1. The molecular formula is C21H20F2N6O. The second-order valence-electron chi connectivity index (χ2n) is 6.86. The van der Waals surface area contributed by atoms with Gasteiger partial charge >= 0.3 is 6.03 Å². The highest BCUT2D eigenvalue weighted by atomic mass is 19.1. The predicted molar refractivity (Wildman–Crippen MR) is 112 cm³/mol. The zero-order valence-corrected chi connectivity index (χ0v) is 16.0. The van der Waals surface area contributed by atoms with E-state index in [4.69, 9.17) is 5.73 Å². The molecule has 4 aromatic rings. The number of aromatic nitrogens is 3. The molecule has 30 heavy (non-hydrogen) atoms. The number of hydrogen-bond acceptors (Lipinski definition) is 4. The number of pyridine rings is 1. The van der Waals surface area contributed by atoms with Crippen LogP contribution in [0.15, 0.2) is 48.8 Å². The summed E-state index contributed by atoms with van der Waals surface area (Å²) in [7, 11) is 0. The maximum Gasteiger partial charge on any atom is 0.319 e. The van der Waals surface area contributed by atoms with E-state index in [0.717, 1.165) is 41.0 Å². The number of benzene rings is 2. The standard InChI is InChI=1S/C21H20F2N6O/c22-13-7-8-15(23)17(11-13)28-21(30)25-9-3-4-10-29-12-26-18-19(29)14-5-1-2-6-16(14)27-20(18)24/h1-2,5-8,11-12H,3-4,9-10H2,(H2,24,27)(H2,25,28,30). The number of para-hydroxylation sites is 1. The smallest absolute Gasteiger partial charge is 0.319 e. The number of nitrogens with one attached hydrogen (secondary N) is 2. The molecule has 0 radical (unpaired) electrons. The monoisotopic (exact) mass is 410 g/mol. The van der Waals surface area contributed by atoms with Crippen LogP contribution in [-0.4, -0.2) is 27.1 Å². The summed E-state index contributed by atoms with van der Waals surface area (Å²) >= 11 is 0. The number of unbranched alkanes of at least 4 members (excludes halogenated alkanes) is 1. The molecule has 0 saturated heterocycles. The molecule has 0 spiro atoms. The molecule has 2 amide bonds. The van der Waals surface area contributed by atoms with E-state index in [-0.39, 0.29) is 5.69 Å². The fraction of sp³-hybridized carbons (Fsp3) is 0.190. The summed E-state index contributed by atoms with van der Waals surface area (Å²) in [4.78, 5) is 20.7. The number of fused-ring (bicyclic) bond motifs is 3. The molecule has 0 aliphatic rings. The maximum atomic E-state index is 13.6. The van der Waals surface area contributed by atoms with Gasteiger partial charge in [0.2, 0.25) is 0 Å². The minimum atomic E-state index is -0.695. The third kappa shape index (κ3) is 4.00. The van der Waals surface area contributed by atoms with Gasteiger partial charge in [0.05, 0.1) is 23.0 Å². The number of amides is 2. The summed E-state index contributed by atoms with van der Waals surface area (Å²) in [6.07, 6.45) is 3.20. The van der Waals surface area contributed by atoms with E-state index < -0.39 is 17.7 Å². The molecule has 0 unspecified atom stereocenters. The Morgan fingerprint density at radius 1 is 1.13 bits per heavy atom. The van der Waals surface area contributed by atoms with Gasteiger partial charge in [-0.15, -0.1) is 0 Å². The van der Waals surface area contributed by atoms with Crippen molar-refractivity contribution < 1.29 is 13.6 Å². The molecule has 0 saturated carbocycles. The topological polar surface area (TPSA) is 97.9 Å². The van der Waals surface area contributed by atoms with Gasteiger partial charge in [-0.05, 0) is 31.0 Å². The minimum Gasteiger partial charge on any atom is -0.382 e. The van der Waals surface area contributed by atoms with E-state index in [1.807, 2.05) is 28.8 Å². The molecule has 2 aromatic carbocycles. The maximum absolute atomic E-state index is 13.6. The summed E-state index contributed by atoms with van der Waals surface area (Å²) in [5.74, 6) is -0.924. The Labute approximate surface area is 170 Å². The van der Waals surface area contributed by atoms with Gasteiger partial charge in [-0.25, -0.2) is 23.5 Å². The van der Waals surface area contributed by atoms with Gasteiger partial charge < -0.3 is 20.9 Å². The second-order valence-corrected chi connectivity index (χ2v) is 6.86. The Balaban J connectivity index is 1.33. The lowest BCUT2D eigenvalue weighted by atomic mass is 10.2. The average Bonchev–Trinajstić information content (AvgIpc) is 3.15. The van der Waals surface area contributed by atoms with Crippen LogP contribution in [0.4, 0.5) is 25.1 Å². The van der Waals surface area contributed by atoms with Crippen molar-refractivity contribution in [3.63, 3.8) is 0 Å². The molecule has 2 heterocycles. The van der Waals surface area contributed by atoms with Crippen molar-refractivity contribution in [2.24, 2.45) is 0 Å². The van der Waals surface area contributed by atoms with E-state index >= 15 is 0 Å². The molecule has 154 valence electrons. The summed E-state index contributed by atoms with van der Waals surface area (Å²) in [6.45, 7) is 1.08. The Kier molecular flexibility index (Phi) is 5.42. The number of imidazole rings is 1. The summed E-state index contributed by atoms with van der Waals surface area (Å²) in [5.41, 5.74) is 8.26. The first-order chi connectivity index (χ1) is 14.5. The van der Waals surface area contributed by atoms with E-state index in [0.29, 0.717) is 30.8 Å². The summed E-state index contributed by atoms with van der Waals surface area (Å²) < 4.78 is 28.8. The fourth-order valence-electron chi connectivity index (χ4n) is 3.34. The summed E-state index contributed by atoms with van der Waals surface area (Å²) in [6, 6.07) is 10.1. The minimum absolute atomic E-state index is 0.199. The lowest BCUT2D eigenvalue weighted by Crippen LogP contribution is -2.30. The first kappa shape index (κ1) is 19.6. The Morgan fingerprint density at radius 2 is 1.97 bits per heavy atom. The number of nitrogen functional groups attached to an aromatic ring is 1. The molecule has 9 heteroatoms. The first-order valence-electron chi connectivity index (χ1n) is 9.52. The van der Waals surface area contributed by atoms with Crippen molar-refractivity contribution >= 4 is 39.5 Å². The number of aryl methyl sites for hydroxylation is 1. The van der Waals surface area contributed by atoms with E-state index in [9.17, 15) is 13.6 Å². The lowest BCUT2D eigenvalue weighted by Gasteiger charge is -2.10. The molecule has 0 fully saturated rings. The number of anilines is 2. The number of rotatable bonds is 6. The number of carbonyl (C=O) groups is 1. The Morgan fingerprint density at radius 3 is 2.83 bits per heavy atom. The highest BCUT2D eigenvalue weighted by Crippen LogP contribution is 2.27. The zero-order valence-electron chi connectivity index (χ0n) is 16.0. The van der Waals surface area contributed by atoms with Crippen LogP contribution in [0.25, 0.3) is 21.9 Å². The van der Waals surface area contributed by atoms with Crippen molar-refractivity contribution in [1.29, 1.82) is 0 Å². The number of hydrogen-bond donors (Lipinski definition) is 3. The Bertz CT molecular complexity index is 1220. The molecular weight excluding hydrogens is 390 g/mol. The molecule has 4 N–H and O–H groups in total. The number of halogens is 2. The number of nitrogens with two attached hydrogens (primary N) is 1. The van der Waals surface area contributed by atoms with Gasteiger partial charge in [-0.2, -0.15) is 0 Å². The molecule has 0 aliphatic heterocycles. The van der Waals surface area contributed by atoms with Crippen LogP contribution in [-0.2, 0) is 6.54 Å². The quantitative estimate of drug-likeness (QED) is 0.418. The molecule has 4 rings (SSSR count). The SMILES string of the molecule is Nc1nc2ccccc2c2c1ncn2CCCCNC(=O)Nc1cc(F)ccc1F. The van der Waals surface area contributed by atoms with Gasteiger partial charge in [0.15, 0.2) is 5.82 Å². The average molecular weight is 410 g/mol.